The van der Waals surface area contributed by atoms with Crippen LogP contribution in [0.5, 0.6) is 0 Å². The maximum atomic E-state index is 11.7. The van der Waals surface area contributed by atoms with Crippen molar-refractivity contribution in [3.05, 3.63) is 0 Å². The molecule has 5 heteroatoms. The molecule has 1 fully saturated rings. The van der Waals surface area contributed by atoms with Crippen molar-refractivity contribution in [2.75, 3.05) is 19.8 Å². The second kappa shape index (κ2) is 5.16. The van der Waals surface area contributed by atoms with Crippen LogP contribution in [0.3, 0.4) is 0 Å². The molecule has 1 rings (SSSR count). The minimum Gasteiger partial charge on any atom is -0.371 e. The maximum absolute atomic E-state index is 11.7. The van der Waals surface area contributed by atoms with E-state index < -0.39 is 12.8 Å². The molecule has 0 saturated heterocycles. The normalized spacial score (nSPS) is 20.0. The molecule has 0 aromatic rings. The monoisotopic (exact) mass is 225 g/mol. The van der Waals surface area contributed by atoms with E-state index in [4.69, 9.17) is 0 Å². The Balaban J connectivity index is 2.02. The number of ether oxygens (including phenoxy) is 1. The topological polar surface area (TPSA) is 21.3 Å². The highest BCUT2D eigenvalue weighted by Crippen LogP contribution is 2.34. The first-order valence-corrected chi connectivity index (χ1v) is 5.37. The Labute approximate surface area is 88.2 Å². The summed E-state index contributed by atoms with van der Waals surface area (Å²) in [6, 6.07) is 0. The van der Waals surface area contributed by atoms with E-state index in [1.54, 1.807) is 0 Å². The average Bonchev–Trinajstić information content (AvgIpc) is 2.06. The molecule has 1 N–H and O–H groups in total. The summed E-state index contributed by atoms with van der Waals surface area (Å²) in [6.45, 7) is 1.59. The number of rotatable bonds is 6. The van der Waals surface area contributed by atoms with Crippen molar-refractivity contribution in [3.63, 3.8) is 0 Å². The van der Waals surface area contributed by atoms with Gasteiger partial charge in [0.15, 0.2) is 0 Å². The molecule has 0 radical (unpaired) electrons. The molecule has 0 amide bonds. The lowest BCUT2D eigenvalue weighted by Crippen LogP contribution is -2.51. The second-order valence-electron chi connectivity index (χ2n) is 4.08. The zero-order chi connectivity index (χ0) is 11.4. The quantitative estimate of drug-likeness (QED) is 0.701. The lowest BCUT2D eigenvalue weighted by atomic mass is 9.75. The van der Waals surface area contributed by atoms with Gasteiger partial charge in [-0.15, -0.1) is 0 Å². The number of halogens is 3. The van der Waals surface area contributed by atoms with Crippen LogP contribution in [0.2, 0.25) is 0 Å². The fourth-order valence-corrected chi connectivity index (χ4v) is 1.84. The summed E-state index contributed by atoms with van der Waals surface area (Å²) < 4.78 is 39.7. The molecule has 0 bridgehead atoms. The Bertz CT molecular complexity index is 184. The molecule has 90 valence electrons. The number of hydrogen-bond donors (Lipinski definition) is 1. The van der Waals surface area contributed by atoms with Crippen LogP contribution in [0.4, 0.5) is 13.2 Å². The van der Waals surface area contributed by atoms with E-state index >= 15 is 0 Å². The van der Waals surface area contributed by atoms with Crippen LogP contribution in [-0.4, -0.2) is 31.5 Å². The molecule has 0 aromatic heterocycles. The zero-order valence-electron chi connectivity index (χ0n) is 8.99. The number of alkyl halides is 3. The molecule has 15 heavy (non-hydrogen) atoms. The van der Waals surface area contributed by atoms with Gasteiger partial charge in [-0.3, -0.25) is 0 Å². The Hall–Kier alpha value is -0.290. The van der Waals surface area contributed by atoms with Crippen LogP contribution < -0.4 is 5.32 Å². The van der Waals surface area contributed by atoms with E-state index in [-0.39, 0.29) is 12.1 Å². The van der Waals surface area contributed by atoms with Crippen LogP contribution in [0, 0.1) is 0 Å². The highest BCUT2D eigenvalue weighted by Gasteiger charge is 2.34. The molecule has 0 heterocycles. The van der Waals surface area contributed by atoms with Gasteiger partial charge in [0, 0.05) is 12.1 Å². The SMILES string of the molecule is CCC1(NCCOCC(F)(F)F)CCC1. The fourth-order valence-electron chi connectivity index (χ4n) is 1.84. The van der Waals surface area contributed by atoms with Crippen LogP contribution in [0.1, 0.15) is 32.6 Å². The van der Waals surface area contributed by atoms with Gasteiger partial charge >= 0.3 is 6.18 Å². The van der Waals surface area contributed by atoms with Crippen molar-refractivity contribution >= 4 is 0 Å². The van der Waals surface area contributed by atoms with E-state index in [0.717, 1.165) is 19.3 Å². The standard InChI is InChI=1S/C10H18F3NO/c1-2-9(4-3-5-9)14-6-7-15-8-10(11,12)13/h14H,2-8H2,1H3. The Morgan fingerprint density at radius 3 is 2.40 bits per heavy atom. The van der Waals surface area contributed by atoms with E-state index in [1.165, 1.54) is 6.42 Å². The van der Waals surface area contributed by atoms with Gasteiger partial charge in [0.05, 0.1) is 6.61 Å². The van der Waals surface area contributed by atoms with Crippen LogP contribution in [0.15, 0.2) is 0 Å². The maximum Gasteiger partial charge on any atom is 0.411 e. The molecule has 0 spiro atoms. The summed E-state index contributed by atoms with van der Waals surface area (Å²) in [5, 5.41) is 3.28. The highest BCUT2D eigenvalue weighted by atomic mass is 19.4. The molecule has 0 unspecified atom stereocenters. The van der Waals surface area contributed by atoms with Gasteiger partial charge in [-0.05, 0) is 25.7 Å². The van der Waals surface area contributed by atoms with Crippen LogP contribution >= 0.6 is 0 Å². The first kappa shape index (κ1) is 12.8. The molecule has 2 nitrogen and oxygen atoms in total. The third-order valence-corrected chi connectivity index (χ3v) is 3.00. The van der Waals surface area contributed by atoms with Gasteiger partial charge < -0.3 is 10.1 Å². The summed E-state index contributed by atoms with van der Waals surface area (Å²) in [5.74, 6) is 0. The molecular formula is C10H18F3NO. The lowest BCUT2D eigenvalue weighted by Gasteiger charge is -2.42. The number of hydrogen-bond acceptors (Lipinski definition) is 2. The third-order valence-electron chi connectivity index (χ3n) is 3.00. The summed E-state index contributed by atoms with van der Waals surface area (Å²) in [5.41, 5.74) is 0.182. The van der Waals surface area contributed by atoms with Gasteiger partial charge in [0.25, 0.3) is 0 Å². The van der Waals surface area contributed by atoms with Crippen molar-refractivity contribution in [1.82, 2.24) is 5.32 Å². The van der Waals surface area contributed by atoms with Crippen molar-refractivity contribution < 1.29 is 17.9 Å². The molecule has 0 aromatic carbocycles. The Morgan fingerprint density at radius 1 is 1.33 bits per heavy atom. The molecule has 1 aliphatic carbocycles. The average molecular weight is 225 g/mol. The number of nitrogens with one attached hydrogen (secondary N) is 1. The predicted octanol–water partition coefficient (Wildman–Crippen LogP) is 2.49. The summed E-state index contributed by atoms with van der Waals surface area (Å²) >= 11 is 0. The predicted molar refractivity (Wildman–Crippen MR) is 51.7 cm³/mol. The minimum atomic E-state index is -4.21. The molecular weight excluding hydrogens is 207 g/mol. The van der Waals surface area contributed by atoms with E-state index in [2.05, 4.69) is 17.0 Å². The molecule has 1 aliphatic rings. The first-order chi connectivity index (χ1) is 6.97. The summed E-state index contributed by atoms with van der Waals surface area (Å²) in [6.07, 6.45) is 0.293. The summed E-state index contributed by atoms with van der Waals surface area (Å²) in [4.78, 5) is 0. The second-order valence-corrected chi connectivity index (χ2v) is 4.08. The molecule has 0 aliphatic heterocycles. The van der Waals surface area contributed by atoms with E-state index in [1.807, 2.05) is 0 Å². The first-order valence-electron chi connectivity index (χ1n) is 5.37. The van der Waals surface area contributed by atoms with Gasteiger partial charge in [0.1, 0.15) is 6.61 Å². The fraction of sp³-hybridized carbons (Fsp3) is 1.00. The van der Waals surface area contributed by atoms with Crippen molar-refractivity contribution in [2.24, 2.45) is 0 Å². The summed E-state index contributed by atoms with van der Waals surface area (Å²) in [7, 11) is 0. The third kappa shape index (κ3) is 4.38. The van der Waals surface area contributed by atoms with Crippen molar-refractivity contribution in [3.8, 4) is 0 Å². The van der Waals surface area contributed by atoms with E-state index in [9.17, 15) is 13.2 Å². The van der Waals surface area contributed by atoms with Crippen molar-refractivity contribution in [1.29, 1.82) is 0 Å². The van der Waals surface area contributed by atoms with E-state index in [0.29, 0.717) is 6.54 Å². The van der Waals surface area contributed by atoms with Gasteiger partial charge in [-0.1, -0.05) is 6.92 Å². The Morgan fingerprint density at radius 2 is 2.00 bits per heavy atom. The minimum absolute atomic E-state index is 0.126. The Kier molecular flexibility index (Phi) is 4.40. The highest BCUT2D eigenvalue weighted by molar-refractivity contribution is 4.94. The smallest absolute Gasteiger partial charge is 0.371 e. The lowest BCUT2D eigenvalue weighted by molar-refractivity contribution is -0.173. The van der Waals surface area contributed by atoms with Crippen LogP contribution in [-0.2, 0) is 4.74 Å². The largest absolute Gasteiger partial charge is 0.411 e. The van der Waals surface area contributed by atoms with Gasteiger partial charge in [-0.25, -0.2) is 0 Å². The van der Waals surface area contributed by atoms with Gasteiger partial charge in [-0.2, -0.15) is 13.2 Å². The zero-order valence-corrected chi connectivity index (χ0v) is 8.99. The van der Waals surface area contributed by atoms with Crippen molar-refractivity contribution in [2.45, 2.75) is 44.3 Å². The molecule has 0 atom stereocenters. The molecule has 1 saturated carbocycles. The van der Waals surface area contributed by atoms with Gasteiger partial charge in [0.2, 0.25) is 0 Å². The van der Waals surface area contributed by atoms with Crippen LogP contribution in [0.25, 0.3) is 0 Å².